The lowest BCUT2D eigenvalue weighted by Crippen LogP contribution is -2.67. The van der Waals surface area contributed by atoms with Crippen LogP contribution in [-0.4, -0.2) is 108 Å². The molecule has 0 aliphatic heterocycles. The molecular formula is C12H36O13Si5. The number of hydrogen-bond donors (Lipinski definition) is 0. The second-order valence-corrected chi connectivity index (χ2v) is 20.5. The zero-order valence-corrected chi connectivity index (χ0v) is 24.8. The van der Waals surface area contributed by atoms with Crippen molar-refractivity contribution in [2.75, 3.05) is 64.0 Å². The molecule has 0 unspecified atom stereocenters. The Bertz CT molecular complexity index is 440. The van der Waals surface area contributed by atoms with Crippen LogP contribution in [0.15, 0.2) is 0 Å². The predicted octanol–water partition coefficient (Wildman–Crippen LogP) is 0.448. The maximum Gasteiger partial charge on any atom is 0.671 e. The molecule has 0 aliphatic carbocycles. The van der Waals surface area contributed by atoms with E-state index in [9.17, 15) is 0 Å². The monoisotopic (exact) mass is 528 g/mol. The third-order valence-corrected chi connectivity index (χ3v) is 19.6. The molecule has 0 heterocycles. The van der Waals surface area contributed by atoms with Crippen molar-refractivity contribution in [2.24, 2.45) is 0 Å². The van der Waals surface area contributed by atoms with Crippen LogP contribution in [0.3, 0.4) is 0 Å². The van der Waals surface area contributed by atoms with Crippen LogP contribution in [0, 0.1) is 0 Å². The normalized spacial score (nSPS) is 14.4. The van der Waals surface area contributed by atoms with Crippen molar-refractivity contribution < 1.29 is 56.3 Å². The van der Waals surface area contributed by atoms with E-state index in [0.717, 1.165) is 0 Å². The van der Waals surface area contributed by atoms with Crippen LogP contribution in [0.25, 0.3) is 0 Å². The SMILES string of the molecule is CO[Si](OC)(OC)O[Si](C)(C)O[Si](C)(O[Si](OC)(OC)OC)O[Si](OC)(OC)OC. The molecule has 0 radical (unpaired) electrons. The Labute approximate surface area is 184 Å². The highest BCUT2D eigenvalue weighted by molar-refractivity contribution is 6.85. The van der Waals surface area contributed by atoms with E-state index in [1.54, 1.807) is 19.6 Å². The van der Waals surface area contributed by atoms with E-state index in [-0.39, 0.29) is 0 Å². The molecule has 0 saturated carbocycles. The minimum atomic E-state index is -3.75. The average molecular weight is 529 g/mol. The fourth-order valence-corrected chi connectivity index (χ4v) is 18.7. The first-order valence-electron chi connectivity index (χ1n) is 8.64. The Balaban J connectivity index is 6.10. The van der Waals surface area contributed by atoms with Crippen LogP contribution < -0.4 is 0 Å². The minimum absolute atomic E-state index is 1.39. The van der Waals surface area contributed by atoms with Crippen molar-refractivity contribution >= 4 is 44.5 Å². The molecule has 0 amide bonds. The van der Waals surface area contributed by atoms with Gasteiger partial charge in [0.25, 0.3) is 0 Å². The lowest BCUT2D eigenvalue weighted by Gasteiger charge is -2.41. The quantitative estimate of drug-likeness (QED) is 0.243. The summed E-state index contributed by atoms with van der Waals surface area (Å²) in [5, 5.41) is 0. The lowest BCUT2D eigenvalue weighted by molar-refractivity contribution is -0.00469. The summed E-state index contributed by atoms with van der Waals surface area (Å²) in [6.07, 6.45) is 0. The van der Waals surface area contributed by atoms with Crippen molar-refractivity contribution in [2.45, 2.75) is 19.6 Å². The Morgan fingerprint density at radius 1 is 0.333 bits per heavy atom. The second kappa shape index (κ2) is 12.7. The molecule has 0 atom stereocenters. The van der Waals surface area contributed by atoms with Crippen LogP contribution >= 0.6 is 0 Å². The smallest absolute Gasteiger partial charge is 0.395 e. The zero-order chi connectivity index (χ0) is 23.7. The van der Waals surface area contributed by atoms with Gasteiger partial charge in [0.2, 0.25) is 0 Å². The molecule has 0 aromatic rings. The molecule has 182 valence electrons. The fraction of sp³-hybridized carbons (Fsp3) is 1.00. The van der Waals surface area contributed by atoms with E-state index >= 15 is 0 Å². The highest BCUT2D eigenvalue weighted by Crippen LogP contribution is 2.29. The number of rotatable bonds is 17. The molecule has 0 spiro atoms. The molecule has 0 aromatic heterocycles. The number of hydrogen-bond acceptors (Lipinski definition) is 13. The standard InChI is InChI=1S/C12H36O13Si5/c1-13-28(14-2,15-3)23-26(10,11)22-27(12,24-29(16-4,17-5)18-6)25-30(19-7,20-8)21-9/h1-12H3. The van der Waals surface area contributed by atoms with Gasteiger partial charge in [-0.25, -0.2) is 0 Å². The predicted molar refractivity (Wildman–Crippen MR) is 114 cm³/mol. The van der Waals surface area contributed by atoms with Gasteiger partial charge >= 0.3 is 44.5 Å². The molecule has 18 heteroatoms. The molecule has 0 fully saturated rings. The molecule has 0 rings (SSSR count). The van der Waals surface area contributed by atoms with E-state index in [4.69, 9.17) is 56.3 Å². The van der Waals surface area contributed by atoms with Gasteiger partial charge in [-0.05, 0) is 13.1 Å². The summed E-state index contributed by atoms with van der Waals surface area (Å²) in [6.45, 7) is 5.09. The molecule has 30 heavy (non-hydrogen) atoms. The summed E-state index contributed by atoms with van der Waals surface area (Å²) in [5.74, 6) is 0. The van der Waals surface area contributed by atoms with Gasteiger partial charge in [0, 0.05) is 70.5 Å². The Hall–Kier alpha value is 0.564. The fourth-order valence-electron chi connectivity index (χ4n) is 2.41. The molecule has 0 saturated heterocycles. The summed E-state index contributed by atoms with van der Waals surface area (Å²) in [7, 11) is -4.95. The van der Waals surface area contributed by atoms with Crippen molar-refractivity contribution in [3.63, 3.8) is 0 Å². The minimum Gasteiger partial charge on any atom is -0.395 e. The Morgan fingerprint density at radius 2 is 0.567 bits per heavy atom. The van der Waals surface area contributed by atoms with Crippen LogP contribution in [0.4, 0.5) is 0 Å². The van der Waals surface area contributed by atoms with Gasteiger partial charge in [0.15, 0.2) is 0 Å². The second-order valence-electron chi connectivity index (χ2n) is 6.01. The van der Waals surface area contributed by atoms with E-state index < -0.39 is 44.5 Å². The summed E-state index contributed by atoms with van der Waals surface area (Å²) >= 11 is 0. The van der Waals surface area contributed by atoms with Crippen LogP contribution in [0.2, 0.25) is 19.6 Å². The van der Waals surface area contributed by atoms with Crippen molar-refractivity contribution in [3.05, 3.63) is 0 Å². The first kappa shape index (κ1) is 30.6. The third-order valence-electron chi connectivity index (χ3n) is 3.67. The summed E-state index contributed by atoms with van der Waals surface area (Å²) in [5.41, 5.74) is 0. The van der Waals surface area contributed by atoms with Crippen molar-refractivity contribution in [1.29, 1.82) is 0 Å². The largest absolute Gasteiger partial charge is 0.671 e. The topological polar surface area (TPSA) is 120 Å². The van der Waals surface area contributed by atoms with E-state index in [1.165, 1.54) is 64.0 Å². The Morgan fingerprint density at radius 3 is 0.800 bits per heavy atom. The van der Waals surface area contributed by atoms with Crippen LogP contribution in [0.5, 0.6) is 0 Å². The summed E-state index contributed by atoms with van der Waals surface area (Å²) in [6, 6.07) is 0. The first-order valence-corrected chi connectivity index (χ1v) is 18.6. The van der Waals surface area contributed by atoms with E-state index in [0.29, 0.717) is 0 Å². The molecule has 13 nitrogen and oxygen atoms in total. The maximum absolute atomic E-state index is 6.30. The van der Waals surface area contributed by atoms with Crippen molar-refractivity contribution in [3.8, 4) is 0 Å². The third kappa shape index (κ3) is 8.16. The molecule has 0 N–H and O–H groups in total. The summed E-state index contributed by atoms with van der Waals surface area (Å²) < 4.78 is 72.8. The zero-order valence-electron chi connectivity index (χ0n) is 19.8. The summed E-state index contributed by atoms with van der Waals surface area (Å²) in [4.78, 5) is 0. The van der Waals surface area contributed by atoms with Gasteiger partial charge in [0.1, 0.15) is 0 Å². The van der Waals surface area contributed by atoms with E-state index in [2.05, 4.69) is 0 Å². The maximum atomic E-state index is 6.30. The molecule has 0 bridgehead atoms. The van der Waals surface area contributed by atoms with Crippen LogP contribution in [-0.2, 0) is 56.3 Å². The molecule has 0 aliphatic rings. The van der Waals surface area contributed by atoms with Gasteiger partial charge in [0.05, 0.1) is 0 Å². The van der Waals surface area contributed by atoms with Crippen molar-refractivity contribution in [1.82, 2.24) is 0 Å². The van der Waals surface area contributed by atoms with Crippen LogP contribution in [0.1, 0.15) is 0 Å². The highest BCUT2D eigenvalue weighted by Gasteiger charge is 2.62. The molecule has 0 aromatic carbocycles. The van der Waals surface area contributed by atoms with Gasteiger partial charge in [-0.2, -0.15) is 0 Å². The van der Waals surface area contributed by atoms with Gasteiger partial charge in [-0.15, -0.1) is 0 Å². The van der Waals surface area contributed by atoms with Gasteiger partial charge < -0.3 is 56.3 Å². The van der Waals surface area contributed by atoms with Gasteiger partial charge in [-0.1, -0.05) is 0 Å². The Kier molecular flexibility index (Phi) is 12.9. The average Bonchev–Trinajstić information content (AvgIpc) is 2.74. The molecular weight excluding hydrogens is 493 g/mol. The highest BCUT2D eigenvalue weighted by atomic mass is 28.5. The lowest BCUT2D eigenvalue weighted by atomic mass is 11.8. The van der Waals surface area contributed by atoms with Gasteiger partial charge in [-0.3, -0.25) is 0 Å². The van der Waals surface area contributed by atoms with E-state index in [1.807, 2.05) is 0 Å². The first-order chi connectivity index (χ1) is 13.9.